The van der Waals surface area contributed by atoms with Crippen LogP contribution in [0.25, 0.3) is 11.4 Å². The SMILES string of the molecule is OC(Cn1ccnc1-c1ccccc1)C(F)(F)F. The van der Waals surface area contributed by atoms with Crippen LogP contribution < -0.4 is 0 Å². The van der Waals surface area contributed by atoms with E-state index in [1.165, 1.54) is 17.0 Å². The maximum Gasteiger partial charge on any atom is 0.416 e. The molecule has 0 spiro atoms. The minimum absolute atomic E-state index is 0.402. The molecule has 0 aliphatic heterocycles. The number of hydrogen-bond donors (Lipinski definition) is 1. The van der Waals surface area contributed by atoms with Crippen molar-refractivity contribution in [2.75, 3.05) is 0 Å². The monoisotopic (exact) mass is 256 g/mol. The molecule has 1 unspecified atom stereocenters. The molecule has 0 saturated heterocycles. The number of rotatable bonds is 3. The van der Waals surface area contributed by atoms with Gasteiger partial charge in [-0.1, -0.05) is 30.3 Å². The number of aromatic nitrogens is 2. The van der Waals surface area contributed by atoms with Crippen LogP contribution >= 0.6 is 0 Å². The highest BCUT2D eigenvalue weighted by Gasteiger charge is 2.38. The second kappa shape index (κ2) is 4.81. The molecule has 96 valence electrons. The van der Waals surface area contributed by atoms with Crippen molar-refractivity contribution in [2.45, 2.75) is 18.8 Å². The lowest BCUT2D eigenvalue weighted by Gasteiger charge is -2.16. The Morgan fingerprint density at radius 2 is 1.89 bits per heavy atom. The molecule has 0 bridgehead atoms. The molecule has 1 atom stereocenters. The summed E-state index contributed by atoms with van der Waals surface area (Å²) in [6, 6.07) is 8.85. The predicted molar refractivity (Wildman–Crippen MR) is 59.7 cm³/mol. The van der Waals surface area contributed by atoms with Crippen molar-refractivity contribution in [1.29, 1.82) is 0 Å². The van der Waals surface area contributed by atoms with E-state index in [9.17, 15) is 13.2 Å². The van der Waals surface area contributed by atoms with Crippen LogP contribution in [0, 0.1) is 0 Å². The van der Waals surface area contributed by atoms with Crippen LogP contribution in [-0.2, 0) is 6.54 Å². The molecule has 1 aromatic heterocycles. The van der Waals surface area contributed by atoms with Crippen molar-refractivity contribution >= 4 is 0 Å². The van der Waals surface area contributed by atoms with Crippen molar-refractivity contribution in [3.63, 3.8) is 0 Å². The normalized spacial score (nSPS) is 13.6. The molecule has 0 fully saturated rings. The third kappa shape index (κ3) is 2.70. The van der Waals surface area contributed by atoms with E-state index in [0.717, 1.165) is 0 Å². The summed E-state index contributed by atoms with van der Waals surface area (Å²) in [6.07, 6.45) is -4.20. The van der Waals surface area contributed by atoms with Gasteiger partial charge in [-0.05, 0) is 0 Å². The first-order valence-electron chi connectivity index (χ1n) is 5.30. The molecule has 0 saturated carbocycles. The average molecular weight is 256 g/mol. The third-order valence-corrected chi connectivity index (χ3v) is 2.49. The fraction of sp³-hybridized carbons (Fsp3) is 0.250. The highest BCUT2D eigenvalue weighted by atomic mass is 19.4. The van der Waals surface area contributed by atoms with Crippen molar-refractivity contribution in [3.8, 4) is 11.4 Å². The lowest BCUT2D eigenvalue weighted by atomic mass is 10.2. The molecule has 1 aromatic carbocycles. The fourth-order valence-corrected chi connectivity index (χ4v) is 1.59. The summed E-state index contributed by atoms with van der Waals surface area (Å²) in [4.78, 5) is 4.01. The van der Waals surface area contributed by atoms with E-state index in [4.69, 9.17) is 5.11 Å². The third-order valence-electron chi connectivity index (χ3n) is 2.49. The van der Waals surface area contributed by atoms with E-state index in [1.807, 2.05) is 0 Å². The quantitative estimate of drug-likeness (QED) is 0.916. The largest absolute Gasteiger partial charge is 0.416 e. The number of halogens is 3. The van der Waals surface area contributed by atoms with Gasteiger partial charge in [0.2, 0.25) is 0 Å². The number of aliphatic hydroxyl groups is 1. The Labute approximate surface area is 102 Å². The molecule has 2 rings (SSSR count). The summed E-state index contributed by atoms with van der Waals surface area (Å²) in [5.41, 5.74) is 0.705. The fourth-order valence-electron chi connectivity index (χ4n) is 1.59. The molecule has 18 heavy (non-hydrogen) atoms. The molecule has 0 radical (unpaired) electrons. The molecule has 0 aliphatic rings. The van der Waals surface area contributed by atoms with Gasteiger partial charge in [0, 0.05) is 18.0 Å². The molecule has 0 amide bonds. The Kier molecular flexibility index (Phi) is 3.38. The van der Waals surface area contributed by atoms with Gasteiger partial charge in [-0.3, -0.25) is 0 Å². The van der Waals surface area contributed by atoms with Crippen LogP contribution in [0.15, 0.2) is 42.7 Å². The van der Waals surface area contributed by atoms with Crippen LogP contribution in [0.2, 0.25) is 0 Å². The highest BCUT2D eigenvalue weighted by molar-refractivity contribution is 5.55. The molecular formula is C12H11F3N2O. The summed E-state index contributed by atoms with van der Waals surface area (Å²) in [5, 5.41) is 9.06. The van der Waals surface area contributed by atoms with Crippen LogP contribution in [0.5, 0.6) is 0 Å². The molecule has 1 N–H and O–H groups in total. The first-order chi connectivity index (χ1) is 8.48. The van der Waals surface area contributed by atoms with Gasteiger partial charge in [-0.25, -0.2) is 4.98 Å². The molecule has 3 nitrogen and oxygen atoms in total. The summed E-state index contributed by atoms with van der Waals surface area (Å²) in [6.45, 7) is -0.562. The van der Waals surface area contributed by atoms with Gasteiger partial charge in [0.1, 0.15) is 5.82 Å². The summed E-state index contributed by atoms with van der Waals surface area (Å²) < 4.78 is 38.2. The number of aliphatic hydroxyl groups excluding tert-OH is 1. The molecule has 1 heterocycles. The van der Waals surface area contributed by atoms with Crippen molar-refractivity contribution < 1.29 is 18.3 Å². The van der Waals surface area contributed by atoms with Gasteiger partial charge in [-0.15, -0.1) is 0 Å². The Morgan fingerprint density at radius 1 is 1.22 bits per heavy atom. The average Bonchev–Trinajstić information content (AvgIpc) is 2.77. The van der Waals surface area contributed by atoms with Crippen molar-refractivity contribution in [3.05, 3.63) is 42.7 Å². The minimum atomic E-state index is -4.63. The second-order valence-corrected chi connectivity index (χ2v) is 3.83. The Hall–Kier alpha value is -1.82. The topological polar surface area (TPSA) is 38.0 Å². The van der Waals surface area contributed by atoms with E-state index >= 15 is 0 Å². The van der Waals surface area contributed by atoms with Crippen LogP contribution in [-0.4, -0.2) is 26.9 Å². The number of alkyl halides is 3. The molecule has 2 aromatic rings. The van der Waals surface area contributed by atoms with Gasteiger partial charge in [0.05, 0.1) is 6.54 Å². The zero-order valence-electron chi connectivity index (χ0n) is 9.30. The van der Waals surface area contributed by atoms with Gasteiger partial charge in [0.25, 0.3) is 0 Å². The lowest BCUT2D eigenvalue weighted by Crippen LogP contribution is -2.32. The van der Waals surface area contributed by atoms with Crippen LogP contribution in [0.3, 0.4) is 0 Å². The zero-order chi connectivity index (χ0) is 13.2. The number of imidazole rings is 1. The Bertz CT molecular complexity index is 508. The van der Waals surface area contributed by atoms with E-state index in [-0.39, 0.29) is 0 Å². The molecule has 0 aliphatic carbocycles. The molecule has 6 heteroatoms. The van der Waals surface area contributed by atoms with Gasteiger partial charge in [0.15, 0.2) is 6.10 Å². The predicted octanol–water partition coefficient (Wildman–Crippen LogP) is 2.47. The standard InChI is InChI=1S/C12H11F3N2O/c13-12(14,15)10(18)8-17-7-6-16-11(17)9-4-2-1-3-5-9/h1-7,10,18H,8H2. The zero-order valence-corrected chi connectivity index (χ0v) is 9.30. The summed E-state index contributed by atoms with van der Waals surface area (Å²) >= 11 is 0. The van der Waals surface area contributed by atoms with E-state index in [1.54, 1.807) is 30.3 Å². The van der Waals surface area contributed by atoms with Crippen LogP contribution in [0.1, 0.15) is 0 Å². The lowest BCUT2D eigenvalue weighted by molar-refractivity contribution is -0.207. The Balaban J connectivity index is 2.24. The van der Waals surface area contributed by atoms with E-state index in [0.29, 0.717) is 11.4 Å². The summed E-state index contributed by atoms with van der Waals surface area (Å²) in [5.74, 6) is 0.402. The van der Waals surface area contributed by atoms with E-state index in [2.05, 4.69) is 4.98 Å². The van der Waals surface area contributed by atoms with Crippen molar-refractivity contribution in [1.82, 2.24) is 9.55 Å². The number of nitrogens with zero attached hydrogens (tertiary/aromatic N) is 2. The van der Waals surface area contributed by atoms with Crippen molar-refractivity contribution in [2.24, 2.45) is 0 Å². The van der Waals surface area contributed by atoms with Crippen LogP contribution in [0.4, 0.5) is 13.2 Å². The number of hydrogen-bond acceptors (Lipinski definition) is 2. The Morgan fingerprint density at radius 3 is 2.50 bits per heavy atom. The minimum Gasteiger partial charge on any atom is -0.382 e. The van der Waals surface area contributed by atoms with Gasteiger partial charge in [-0.2, -0.15) is 13.2 Å². The first kappa shape index (κ1) is 12.6. The maximum absolute atomic E-state index is 12.3. The van der Waals surface area contributed by atoms with Gasteiger partial charge >= 0.3 is 6.18 Å². The maximum atomic E-state index is 12.3. The highest BCUT2D eigenvalue weighted by Crippen LogP contribution is 2.23. The summed E-state index contributed by atoms with van der Waals surface area (Å²) in [7, 11) is 0. The van der Waals surface area contributed by atoms with E-state index < -0.39 is 18.8 Å². The first-order valence-corrected chi connectivity index (χ1v) is 5.30. The smallest absolute Gasteiger partial charge is 0.382 e. The number of benzene rings is 1. The second-order valence-electron chi connectivity index (χ2n) is 3.83. The van der Waals surface area contributed by atoms with Gasteiger partial charge < -0.3 is 9.67 Å². The molecular weight excluding hydrogens is 245 g/mol.